The van der Waals surface area contributed by atoms with E-state index >= 15 is 0 Å². The average molecular weight is 292 g/mol. The first-order valence-electron chi connectivity index (χ1n) is 6.17. The summed E-state index contributed by atoms with van der Waals surface area (Å²) in [5, 5.41) is 4.30. The molecule has 0 saturated carbocycles. The summed E-state index contributed by atoms with van der Waals surface area (Å²) in [6.45, 7) is 2.20. The minimum absolute atomic E-state index is 0.329. The van der Waals surface area contributed by atoms with Crippen molar-refractivity contribution in [1.29, 1.82) is 0 Å². The van der Waals surface area contributed by atoms with Gasteiger partial charge in [0.15, 0.2) is 0 Å². The number of halogens is 1. The molecule has 1 unspecified atom stereocenters. The first-order valence-corrected chi connectivity index (χ1v) is 7.65. The summed E-state index contributed by atoms with van der Waals surface area (Å²) in [6.07, 6.45) is 4.58. The van der Waals surface area contributed by atoms with Gasteiger partial charge in [-0.1, -0.05) is 0 Å². The van der Waals surface area contributed by atoms with Crippen LogP contribution in [0.2, 0.25) is 0 Å². The summed E-state index contributed by atoms with van der Waals surface area (Å²) in [5.41, 5.74) is 3.37. The van der Waals surface area contributed by atoms with Gasteiger partial charge in [-0.05, 0) is 41.8 Å². The maximum atomic E-state index is 6.03. The number of imidazole rings is 1. The molecule has 1 atom stereocenters. The second-order valence-electron chi connectivity index (χ2n) is 4.58. The zero-order valence-corrected chi connectivity index (χ0v) is 12.2. The van der Waals surface area contributed by atoms with E-state index in [1.54, 1.807) is 23.7 Å². The van der Waals surface area contributed by atoms with Crippen molar-refractivity contribution in [3.05, 3.63) is 46.7 Å². The van der Waals surface area contributed by atoms with E-state index in [2.05, 4.69) is 38.3 Å². The lowest BCUT2D eigenvalue weighted by Gasteiger charge is -2.16. The summed E-state index contributed by atoms with van der Waals surface area (Å²) < 4.78 is 2.22. The van der Waals surface area contributed by atoms with Gasteiger partial charge in [0.1, 0.15) is 11.3 Å². The van der Waals surface area contributed by atoms with Crippen LogP contribution < -0.4 is 0 Å². The molecule has 3 aromatic rings. The van der Waals surface area contributed by atoms with Crippen molar-refractivity contribution in [2.24, 2.45) is 0 Å². The molecule has 0 fully saturated rings. The lowest BCUT2D eigenvalue weighted by atomic mass is 10.1. The molecule has 0 aliphatic carbocycles. The van der Waals surface area contributed by atoms with Crippen LogP contribution in [-0.2, 0) is 12.3 Å². The van der Waals surface area contributed by atoms with E-state index in [0.717, 1.165) is 23.3 Å². The number of aromatic nitrogens is 3. The Morgan fingerprint density at radius 2 is 2.32 bits per heavy atom. The molecule has 0 aliphatic heterocycles. The predicted octanol–water partition coefficient (Wildman–Crippen LogP) is 4.04. The molecular formula is C14H14ClN3S. The number of fused-ring (bicyclic) bond motifs is 1. The lowest BCUT2D eigenvalue weighted by Crippen LogP contribution is -2.10. The molecule has 0 N–H and O–H groups in total. The van der Waals surface area contributed by atoms with Gasteiger partial charge in [-0.25, -0.2) is 4.98 Å². The van der Waals surface area contributed by atoms with Crippen LogP contribution in [0, 0.1) is 0 Å². The highest BCUT2D eigenvalue weighted by Crippen LogP contribution is 2.24. The molecule has 0 radical (unpaired) electrons. The van der Waals surface area contributed by atoms with Crippen LogP contribution in [0.25, 0.3) is 11.0 Å². The quantitative estimate of drug-likeness (QED) is 0.679. The van der Waals surface area contributed by atoms with Gasteiger partial charge >= 0.3 is 0 Å². The van der Waals surface area contributed by atoms with Crippen molar-refractivity contribution in [2.45, 2.75) is 25.3 Å². The Morgan fingerprint density at radius 1 is 1.42 bits per heavy atom. The molecule has 3 nitrogen and oxygen atoms in total. The molecule has 0 amide bonds. The van der Waals surface area contributed by atoms with E-state index < -0.39 is 0 Å². The fraction of sp³-hybridized carbons (Fsp3) is 0.286. The normalized spacial score (nSPS) is 12.9. The van der Waals surface area contributed by atoms with Crippen LogP contribution >= 0.6 is 22.9 Å². The van der Waals surface area contributed by atoms with Crippen LogP contribution in [0.4, 0.5) is 0 Å². The first kappa shape index (κ1) is 12.6. The summed E-state index contributed by atoms with van der Waals surface area (Å²) in [4.78, 5) is 8.67. The molecule has 98 valence electrons. The smallest absolute Gasteiger partial charge is 0.125 e. The fourth-order valence-corrected chi connectivity index (χ4v) is 3.30. The van der Waals surface area contributed by atoms with E-state index in [1.165, 1.54) is 5.56 Å². The standard InChI is InChI=1S/C14H14ClN3S/c1-10(6-11-3-5-19-9-11)18-13-2-4-16-8-12(13)17-14(18)7-15/h2-5,8-10H,6-7H2,1H3. The van der Waals surface area contributed by atoms with Gasteiger partial charge in [-0.3, -0.25) is 4.98 Å². The van der Waals surface area contributed by atoms with Crippen LogP contribution in [0.3, 0.4) is 0 Å². The van der Waals surface area contributed by atoms with Crippen molar-refractivity contribution >= 4 is 34.0 Å². The highest BCUT2D eigenvalue weighted by molar-refractivity contribution is 7.07. The van der Waals surface area contributed by atoms with E-state index in [4.69, 9.17) is 11.6 Å². The van der Waals surface area contributed by atoms with E-state index in [1.807, 2.05) is 6.07 Å². The van der Waals surface area contributed by atoms with Crippen molar-refractivity contribution in [2.75, 3.05) is 0 Å². The summed E-state index contributed by atoms with van der Waals surface area (Å²) in [5.74, 6) is 1.33. The Morgan fingerprint density at radius 3 is 3.05 bits per heavy atom. The van der Waals surface area contributed by atoms with Crippen molar-refractivity contribution in [3.63, 3.8) is 0 Å². The van der Waals surface area contributed by atoms with Gasteiger partial charge in [0.25, 0.3) is 0 Å². The van der Waals surface area contributed by atoms with Gasteiger partial charge in [0.2, 0.25) is 0 Å². The van der Waals surface area contributed by atoms with Crippen molar-refractivity contribution in [3.8, 4) is 0 Å². The third kappa shape index (κ3) is 2.38. The highest BCUT2D eigenvalue weighted by atomic mass is 35.5. The molecule has 3 aromatic heterocycles. The van der Waals surface area contributed by atoms with E-state index in [-0.39, 0.29) is 0 Å². The second-order valence-corrected chi connectivity index (χ2v) is 5.63. The van der Waals surface area contributed by atoms with Crippen LogP contribution in [0.1, 0.15) is 24.4 Å². The fourth-order valence-electron chi connectivity index (χ4n) is 2.43. The number of rotatable bonds is 4. The molecular weight excluding hydrogens is 278 g/mol. The molecule has 3 heterocycles. The minimum atomic E-state index is 0.329. The van der Waals surface area contributed by atoms with E-state index in [0.29, 0.717) is 11.9 Å². The predicted molar refractivity (Wildman–Crippen MR) is 79.8 cm³/mol. The van der Waals surface area contributed by atoms with Crippen molar-refractivity contribution in [1.82, 2.24) is 14.5 Å². The minimum Gasteiger partial charge on any atom is -0.324 e. The monoisotopic (exact) mass is 291 g/mol. The largest absolute Gasteiger partial charge is 0.324 e. The van der Waals surface area contributed by atoms with Crippen LogP contribution in [0.5, 0.6) is 0 Å². The number of alkyl halides is 1. The first-order chi connectivity index (χ1) is 9.29. The number of pyridine rings is 1. The zero-order chi connectivity index (χ0) is 13.2. The third-order valence-corrected chi connectivity index (χ3v) is 4.21. The van der Waals surface area contributed by atoms with Gasteiger partial charge in [-0.15, -0.1) is 11.6 Å². The Hall–Kier alpha value is -1.39. The van der Waals surface area contributed by atoms with Gasteiger partial charge in [-0.2, -0.15) is 11.3 Å². The van der Waals surface area contributed by atoms with Crippen LogP contribution in [-0.4, -0.2) is 14.5 Å². The van der Waals surface area contributed by atoms with Gasteiger partial charge in [0, 0.05) is 12.2 Å². The molecule has 0 aliphatic rings. The molecule has 0 saturated heterocycles. The summed E-state index contributed by atoms with van der Waals surface area (Å²) in [6, 6.07) is 4.50. The van der Waals surface area contributed by atoms with Crippen molar-refractivity contribution < 1.29 is 0 Å². The van der Waals surface area contributed by atoms with Gasteiger partial charge < -0.3 is 4.57 Å². The number of thiophene rings is 1. The highest BCUT2D eigenvalue weighted by Gasteiger charge is 2.15. The summed E-state index contributed by atoms with van der Waals surface area (Å²) >= 11 is 7.76. The SMILES string of the molecule is CC(Cc1ccsc1)n1c(CCl)nc2cnccc21. The number of hydrogen-bond donors (Lipinski definition) is 0. The van der Waals surface area contributed by atoms with Gasteiger partial charge in [0.05, 0.1) is 17.6 Å². The topological polar surface area (TPSA) is 30.7 Å². The molecule has 0 spiro atoms. The summed E-state index contributed by atoms with van der Waals surface area (Å²) in [7, 11) is 0. The maximum Gasteiger partial charge on any atom is 0.125 e. The molecule has 0 aromatic carbocycles. The number of hydrogen-bond acceptors (Lipinski definition) is 3. The Balaban J connectivity index is 2.02. The average Bonchev–Trinajstić information content (AvgIpc) is 3.04. The Bertz CT molecular complexity index is 675. The number of nitrogens with zero attached hydrogens (tertiary/aromatic N) is 3. The van der Waals surface area contributed by atoms with E-state index in [9.17, 15) is 0 Å². The maximum absolute atomic E-state index is 6.03. The lowest BCUT2D eigenvalue weighted by molar-refractivity contribution is 0.544. The zero-order valence-electron chi connectivity index (χ0n) is 10.6. The molecule has 19 heavy (non-hydrogen) atoms. The Kier molecular flexibility index (Phi) is 3.53. The third-order valence-electron chi connectivity index (χ3n) is 3.24. The Labute approximate surface area is 120 Å². The second kappa shape index (κ2) is 5.31. The molecule has 0 bridgehead atoms. The van der Waals surface area contributed by atoms with Crippen LogP contribution in [0.15, 0.2) is 35.3 Å². The molecule has 3 rings (SSSR count). The molecule has 5 heteroatoms.